The number of hydrogen-bond acceptors (Lipinski definition) is 3. The minimum absolute atomic E-state index is 0.894. The molecule has 3 heterocycles. The predicted molar refractivity (Wildman–Crippen MR) is 182 cm³/mol. The number of fused-ring (bicyclic) bond motifs is 10. The Balaban J connectivity index is 0.000000352. The Morgan fingerprint density at radius 2 is 1.51 bits per heavy atom. The molecule has 2 aromatic heterocycles. The number of furan rings is 1. The third-order valence-electron chi connectivity index (χ3n) is 8.78. The summed E-state index contributed by atoms with van der Waals surface area (Å²) in [6.45, 7) is 3.03. The van der Waals surface area contributed by atoms with Gasteiger partial charge in [-0.05, 0) is 66.6 Å². The zero-order valence-electron chi connectivity index (χ0n) is 24.5. The normalized spacial score (nSPS) is 14.0. The van der Waals surface area contributed by atoms with Gasteiger partial charge < -0.3 is 9.32 Å². The van der Waals surface area contributed by atoms with Crippen molar-refractivity contribution >= 4 is 49.3 Å². The maximum atomic E-state index is 6.27. The zero-order chi connectivity index (χ0) is 28.9. The number of pyridine rings is 1. The molecule has 208 valence electrons. The van der Waals surface area contributed by atoms with Crippen LogP contribution >= 0.6 is 0 Å². The first-order chi connectivity index (χ1) is 21.2. The lowest BCUT2D eigenvalue weighted by Crippen LogP contribution is -2.21. The summed E-state index contributed by atoms with van der Waals surface area (Å²) in [4.78, 5) is 7.61. The van der Waals surface area contributed by atoms with E-state index in [2.05, 4.69) is 128 Å². The van der Waals surface area contributed by atoms with Crippen molar-refractivity contribution in [3.05, 3.63) is 132 Å². The van der Waals surface area contributed by atoms with Crippen LogP contribution in [0, 0.1) is 0 Å². The minimum atomic E-state index is 0.894. The van der Waals surface area contributed by atoms with Gasteiger partial charge in [0.2, 0.25) is 0 Å². The van der Waals surface area contributed by atoms with E-state index in [9.17, 15) is 0 Å². The van der Waals surface area contributed by atoms with E-state index in [1.54, 1.807) is 0 Å². The van der Waals surface area contributed by atoms with E-state index in [4.69, 9.17) is 9.40 Å². The van der Waals surface area contributed by atoms with Crippen LogP contribution in [0.1, 0.15) is 25.3 Å². The molecule has 0 saturated heterocycles. The first-order valence-corrected chi connectivity index (χ1v) is 15.1. The number of para-hydroxylation sites is 2. The van der Waals surface area contributed by atoms with Gasteiger partial charge >= 0.3 is 0 Å². The van der Waals surface area contributed by atoms with Crippen LogP contribution in [0.15, 0.2) is 131 Å². The second-order valence-corrected chi connectivity index (χ2v) is 11.6. The van der Waals surface area contributed by atoms with Crippen LogP contribution in [0.3, 0.4) is 0 Å². The predicted octanol–water partition coefficient (Wildman–Crippen LogP) is 10.9. The van der Waals surface area contributed by atoms with Crippen molar-refractivity contribution in [1.82, 2.24) is 4.98 Å². The van der Waals surface area contributed by atoms with Crippen molar-refractivity contribution in [3.63, 3.8) is 0 Å². The summed E-state index contributed by atoms with van der Waals surface area (Å²) >= 11 is 0. The van der Waals surface area contributed by atoms with Crippen molar-refractivity contribution < 1.29 is 4.42 Å². The molecule has 0 saturated carbocycles. The van der Waals surface area contributed by atoms with Crippen LogP contribution in [-0.4, -0.2) is 12.0 Å². The third kappa shape index (κ3) is 4.31. The summed E-state index contributed by atoms with van der Waals surface area (Å²) < 4.78 is 6.27. The Kier molecular flexibility index (Phi) is 6.11. The lowest BCUT2D eigenvalue weighted by atomic mass is 9.90. The molecular weight excluding hydrogens is 524 g/mol. The highest BCUT2D eigenvalue weighted by molar-refractivity contribution is 6.26. The van der Waals surface area contributed by atoms with Crippen molar-refractivity contribution in [2.24, 2.45) is 0 Å². The molecule has 3 nitrogen and oxygen atoms in total. The molecule has 1 aliphatic heterocycles. The van der Waals surface area contributed by atoms with Crippen molar-refractivity contribution in [1.29, 1.82) is 0 Å². The van der Waals surface area contributed by atoms with Crippen molar-refractivity contribution in [2.75, 3.05) is 11.9 Å². The minimum Gasteiger partial charge on any atom is -0.456 e. The van der Waals surface area contributed by atoms with E-state index < -0.39 is 0 Å². The van der Waals surface area contributed by atoms with Gasteiger partial charge in [-0.25, -0.2) is 4.98 Å². The van der Waals surface area contributed by atoms with Crippen LogP contribution in [0.5, 0.6) is 0 Å². The topological polar surface area (TPSA) is 29.3 Å². The van der Waals surface area contributed by atoms with Gasteiger partial charge in [0.15, 0.2) is 0 Å². The van der Waals surface area contributed by atoms with Gasteiger partial charge in [0.25, 0.3) is 0 Å². The van der Waals surface area contributed by atoms with Gasteiger partial charge in [-0.15, -0.1) is 0 Å². The molecule has 0 spiro atoms. The van der Waals surface area contributed by atoms with Crippen LogP contribution in [0.4, 0.5) is 5.69 Å². The van der Waals surface area contributed by atoms with Gasteiger partial charge in [0.05, 0.1) is 11.2 Å². The molecule has 43 heavy (non-hydrogen) atoms. The number of allylic oxidation sites excluding steroid dienone is 4. The fourth-order valence-corrected chi connectivity index (χ4v) is 6.70. The van der Waals surface area contributed by atoms with Crippen LogP contribution < -0.4 is 4.90 Å². The summed E-state index contributed by atoms with van der Waals surface area (Å²) in [6.07, 6.45) is 9.12. The molecule has 7 aromatic rings. The molecule has 1 aliphatic carbocycles. The number of anilines is 1. The number of benzene rings is 5. The maximum Gasteiger partial charge on any atom is 0.136 e. The molecule has 0 N–H and O–H groups in total. The molecule has 0 unspecified atom stereocenters. The molecule has 0 atom stereocenters. The first kappa shape index (κ1) is 25.6. The van der Waals surface area contributed by atoms with Crippen LogP contribution in [-0.2, 0) is 6.54 Å². The Morgan fingerprint density at radius 1 is 0.698 bits per heavy atom. The molecule has 2 aliphatic rings. The highest BCUT2D eigenvalue weighted by Gasteiger charge is 2.22. The summed E-state index contributed by atoms with van der Waals surface area (Å²) in [5.74, 6) is 0. The Bertz CT molecular complexity index is 2250. The monoisotopic (exact) mass is 556 g/mol. The van der Waals surface area contributed by atoms with Crippen molar-refractivity contribution in [3.8, 4) is 22.4 Å². The average Bonchev–Trinajstić information content (AvgIpc) is 3.44. The SMILES string of the molecule is CC1=CCCC=C1.CN1Cc2ccccc2-c2ccc(-c3nc4ccccc4c4ccc5oc6ccccc6c5c34)cc21. The Labute approximate surface area is 251 Å². The van der Waals surface area contributed by atoms with Gasteiger partial charge in [-0.1, -0.05) is 96.6 Å². The molecule has 5 aromatic carbocycles. The van der Waals surface area contributed by atoms with E-state index in [1.807, 2.05) is 12.1 Å². The highest BCUT2D eigenvalue weighted by atomic mass is 16.3. The fourth-order valence-electron chi connectivity index (χ4n) is 6.70. The number of hydrogen-bond donors (Lipinski definition) is 0. The summed E-state index contributed by atoms with van der Waals surface area (Å²) in [6, 6.07) is 36.5. The number of rotatable bonds is 1. The van der Waals surface area contributed by atoms with E-state index in [-0.39, 0.29) is 0 Å². The van der Waals surface area contributed by atoms with Crippen LogP contribution in [0.25, 0.3) is 66.0 Å². The largest absolute Gasteiger partial charge is 0.456 e. The summed E-state index contributed by atoms with van der Waals surface area (Å²) in [7, 11) is 2.17. The van der Waals surface area contributed by atoms with E-state index in [0.717, 1.165) is 56.0 Å². The molecule has 9 rings (SSSR count). The lowest BCUT2D eigenvalue weighted by Gasteiger charge is -2.30. The Morgan fingerprint density at radius 3 is 2.35 bits per heavy atom. The van der Waals surface area contributed by atoms with Crippen LogP contribution in [0.2, 0.25) is 0 Å². The number of aromatic nitrogens is 1. The molecular formula is C40H32N2O. The quantitative estimate of drug-likeness (QED) is 0.188. The molecule has 3 heteroatoms. The fraction of sp³-hybridized carbons (Fsp3) is 0.125. The lowest BCUT2D eigenvalue weighted by molar-refractivity contribution is 0.669. The highest BCUT2D eigenvalue weighted by Crippen LogP contribution is 2.44. The standard InChI is InChI=1S/C33H22N2O.C7H10/c1-35-19-21-8-2-3-9-22(21)24-15-14-20(18-28(24)35)33-32-25(23-10-4-6-12-27(23)34-33)16-17-30-31(32)26-11-5-7-13-29(26)36-30;1-7-5-3-2-4-6-7/h2-18H,19H2,1H3;3,5-6H,2,4H2,1H3. The Hall–Kier alpha value is -5.15. The summed E-state index contributed by atoms with van der Waals surface area (Å²) in [5, 5.41) is 5.77. The van der Waals surface area contributed by atoms with Gasteiger partial charge in [-0.3, -0.25) is 0 Å². The molecule has 0 radical (unpaired) electrons. The summed E-state index contributed by atoms with van der Waals surface area (Å²) in [5.41, 5.74) is 11.5. The van der Waals surface area contributed by atoms with Gasteiger partial charge in [0.1, 0.15) is 11.2 Å². The van der Waals surface area contributed by atoms with Crippen molar-refractivity contribution in [2.45, 2.75) is 26.3 Å². The average molecular weight is 557 g/mol. The van der Waals surface area contributed by atoms with Gasteiger partial charge in [-0.2, -0.15) is 0 Å². The second-order valence-electron chi connectivity index (χ2n) is 11.6. The third-order valence-corrected chi connectivity index (χ3v) is 8.78. The van der Waals surface area contributed by atoms with E-state index in [0.29, 0.717) is 0 Å². The van der Waals surface area contributed by atoms with Gasteiger partial charge in [0, 0.05) is 52.0 Å². The number of nitrogens with zero attached hydrogens (tertiary/aromatic N) is 2. The maximum absolute atomic E-state index is 6.27. The first-order valence-electron chi connectivity index (χ1n) is 15.1. The zero-order valence-corrected chi connectivity index (χ0v) is 24.5. The second kappa shape index (κ2) is 10.3. The van der Waals surface area contributed by atoms with E-state index in [1.165, 1.54) is 46.2 Å². The molecule has 0 amide bonds. The molecule has 0 fully saturated rings. The molecule has 0 bridgehead atoms. The van der Waals surface area contributed by atoms with E-state index >= 15 is 0 Å². The smallest absolute Gasteiger partial charge is 0.136 e.